The van der Waals surface area contributed by atoms with E-state index in [9.17, 15) is 4.79 Å². The molecule has 1 amide bonds. The Labute approximate surface area is 139 Å². The van der Waals surface area contributed by atoms with Gasteiger partial charge in [-0.2, -0.15) is 5.10 Å². The summed E-state index contributed by atoms with van der Waals surface area (Å²) in [7, 11) is 0. The molecule has 0 unspecified atom stereocenters. The minimum atomic E-state index is -0.596. The summed E-state index contributed by atoms with van der Waals surface area (Å²) in [6, 6.07) is 10.9. The van der Waals surface area contributed by atoms with Crippen molar-refractivity contribution in [2.75, 3.05) is 6.54 Å². The smallest absolute Gasteiger partial charge is 0.249 e. The van der Waals surface area contributed by atoms with Crippen molar-refractivity contribution in [3.8, 4) is 0 Å². The van der Waals surface area contributed by atoms with E-state index in [1.54, 1.807) is 0 Å². The molecule has 8 nitrogen and oxygen atoms in total. The average Bonchev–Trinajstić information content (AvgIpc) is 3.19. The Hall–Kier alpha value is -3.03. The van der Waals surface area contributed by atoms with E-state index in [0.717, 1.165) is 17.0 Å². The highest BCUT2D eigenvalue weighted by atomic mass is 16.2. The van der Waals surface area contributed by atoms with Gasteiger partial charge in [-0.05, 0) is 35.9 Å². The largest absolute Gasteiger partial charge is 0.352 e. The molecule has 0 aliphatic heterocycles. The van der Waals surface area contributed by atoms with Gasteiger partial charge in [0.15, 0.2) is 6.04 Å². The number of amides is 1. The normalized spacial score (nSPS) is 12.1. The highest BCUT2D eigenvalue weighted by Crippen LogP contribution is 2.16. The minimum Gasteiger partial charge on any atom is -0.352 e. The van der Waals surface area contributed by atoms with Crippen LogP contribution in [0.5, 0.6) is 0 Å². The van der Waals surface area contributed by atoms with Gasteiger partial charge in [-0.15, -0.1) is 5.10 Å². The van der Waals surface area contributed by atoms with Crippen molar-refractivity contribution in [3.05, 3.63) is 59.7 Å². The van der Waals surface area contributed by atoms with Crippen molar-refractivity contribution < 1.29 is 4.79 Å². The summed E-state index contributed by atoms with van der Waals surface area (Å²) in [5.74, 6) is -0.157. The maximum absolute atomic E-state index is 12.7. The summed E-state index contributed by atoms with van der Waals surface area (Å²) in [5.41, 5.74) is 2.87. The summed E-state index contributed by atoms with van der Waals surface area (Å²) in [6.07, 6.45) is 1.44. The Kier molecular flexibility index (Phi) is 4.64. The third-order valence-electron chi connectivity index (χ3n) is 3.72. The number of carbonyl (C=O) groups excluding carboxylic acids is 1. The topological polar surface area (TPSA) is 90.5 Å². The van der Waals surface area contributed by atoms with Crippen molar-refractivity contribution in [2.45, 2.75) is 26.4 Å². The van der Waals surface area contributed by atoms with Crippen LogP contribution in [-0.2, 0) is 11.3 Å². The number of nitrogens with zero attached hydrogens (tertiary/aromatic N) is 6. The van der Waals surface area contributed by atoms with Crippen LogP contribution in [0.3, 0.4) is 0 Å². The predicted octanol–water partition coefficient (Wildman–Crippen LogP) is 0.892. The Bertz CT molecular complexity index is 795. The van der Waals surface area contributed by atoms with Crippen LogP contribution in [0.1, 0.15) is 23.0 Å². The minimum absolute atomic E-state index is 0.157. The first kappa shape index (κ1) is 15.9. The number of rotatable bonds is 6. The number of tetrazole rings is 1. The van der Waals surface area contributed by atoms with Crippen molar-refractivity contribution >= 4 is 5.91 Å². The maximum Gasteiger partial charge on any atom is 0.249 e. The molecule has 2 heterocycles. The number of aromatic nitrogens is 6. The fourth-order valence-electron chi connectivity index (χ4n) is 2.63. The number of benzene rings is 1. The van der Waals surface area contributed by atoms with E-state index in [-0.39, 0.29) is 5.91 Å². The third-order valence-corrected chi connectivity index (χ3v) is 3.72. The molecule has 1 N–H and O–H groups in total. The number of nitrogens with one attached hydrogen (secondary N) is 1. The first-order valence-corrected chi connectivity index (χ1v) is 7.71. The Morgan fingerprint density at radius 1 is 1.25 bits per heavy atom. The van der Waals surface area contributed by atoms with Gasteiger partial charge >= 0.3 is 0 Å². The van der Waals surface area contributed by atoms with Crippen LogP contribution in [-0.4, -0.2) is 42.4 Å². The van der Waals surface area contributed by atoms with Gasteiger partial charge in [0.2, 0.25) is 5.91 Å². The zero-order chi connectivity index (χ0) is 16.9. The summed E-state index contributed by atoms with van der Waals surface area (Å²) < 4.78 is 3.33. The zero-order valence-corrected chi connectivity index (χ0v) is 13.6. The first-order valence-electron chi connectivity index (χ1n) is 7.71. The molecule has 0 spiro atoms. The molecule has 8 heteroatoms. The molecule has 0 fully saturated rings. The average molecular weight is 325 g/mol. The molecule has 2 aromatic heterocycles. The highest BCUT2D eigenvalue weighted by molar-refractivity contribution is 5.83. The predicted molar refractivity (Wildman–Crippen MR) is 87.1 cm³/mol. The van der Waals surface area contributed by atoms with E-state index < -0.39 is 6.04 Å². The Balaban J connectivity index is 1.69. The van der Waals surface area contributed by atoms with E-state index >= 15 is 0 Å². The number of aryl methyl sites for hydroxylation is 2. The van der Waals surface area contributed by atoms with Crippen LogP contribution in [0.2, 0.25) is 0 Å². The molecule has 0 aliphatic rings. The molecular formula is C16H19N7O. The van der Waals surface area contributed by atoms with Gasteiger partial charge in [0, 0.05) is 12.2 Å². The number of hydrogen-bond acceptors (Lipinski definition) is 5. The van der Waals surface area contributed by atoms with E-state index in [0.29, 0.717) is 13.1 Å². The van der Waals surface area contributed by atoms with Gasteiger partial charge in [-0.3, -0.25) is 9.48 Å². The molecule has 0 saturated heterocycles. The molecule has 0 aliphatic carbocycles. The van der Waals surface area contributed by atoms with E-state index in [2.05, 4.69) is 25.9 Å². The number of hydrogen-bond donors (Lipinski definition) is 1. The molecule has 24 heavy (non-hydrogen) atoms. The highest BCUT2D eigenvalue weighted by Gasteiger charge is 2.23. The van der Waals surface area contributed by atoms with Gasteiger partial charge < -0.3 is 5.32 Å². The van der Waals surface area contributed by atoms with E-state index in [4.69, 9.17) is 0 Å². The van der Waals surface area contributed by atoms with Crippen LogP contribution < -0.4 is 5.32 Å². The summed E-state index contributed by atoms with van der Waals surface area (Å²) >= 11 is 0. The SMILES string of the molecule is Cc1cc(C)n(CCNC(=O)[C@@H](c2ccccc2)n2cnnn2)n1. The van der Waals surface area contributed by atoms with E-state index in [1.165, 1.54) is 11.0 Å². The van der Waals surface area contributed by atoms with Gasteiger partial charge in [0.25, 0.3) is 0 Å². The van der Waals surface area contributed by atoms with Crippen molar-refractivity contribution in [1.29, 1.82) is 0 Å². The molecular weight excluding hydrogens is 306 g/mol. The molecule has 3 rings (SSSR count). The Morgan fingerprint density at radius 3 is 2.67 bits per heavy atom. The van der Waals surface area contributed by atoms with Gasteiger partial charge in [0.1, 0.15) is 6.33 Å². The maximum atomic E-state index is 12.7. The lowest BCUT2D eigenvalue weighted by atomic mass is 10.1. The second kappa shape index (κ2) is 7.03. The second-order valence-electron chi connectivity index (χ2n) is 5.54. The number of carbonyl (C=O) groups is 1. The second-order valence-corrected chi connectivity index (χ2v) is 5.54. The van der Waals surface area contributed by atoms with Gasteiger partial charge in [-0.25, -0.2) is 4.68 Å². The standard InChI is InChI=1S/C16H19N7O/c1-12-10-13(2)22(19-12)9-8-17-16(24)15(23-11-18-20-21-23)14-6-4-3-5-7-14/h3-7,10-11,15H,8-9H2,1-2H3,(H,17,24)/t15-/m1/s1. The summed E-state index contributed by atoms with van der Waals surface area (Å²) in [6.45, 7) is 5.04. The molecule has 0 bridgehead atoms. The van der Waals surface area contributed by atoms with Crippen LogP contribution in [0.4, 0.5) is 0 Å². The van der Waals surface area contributed by atoms with Crippen molar-refractivity contribution in [2.24, 2.45) is 0 Å². The third kappa shape index (κ3) is 3.48. The van der Waals surface area contributed by atoms with Crippen molar-refractivity contribution in [1.82, 2.24) is 35.3 Å². The molecule has 3 aromatic rings. The molecule has 1 aromatic carbocycles. The molecule has 124 valence electrons. The Morgan fingerprint density at radius 2 is 2.04 bits per heavy atom. The lowest BCUT2D eigenvalue weighted by Crippen LogP contribution is -2.35. The summed E-state index contributed by atoms with van der Waals surface area (Å²) in [5, 5.41) is 18.5. The van der Waals surface area contributed by atoms with E-state index in [1.807, 2.05) is 54.9 Å². The van der Waals surface area contributed by atoms with Crippen molar-refractivity contribution in [3.63, 3.8) is 0 Å². The van der Waals surface area contributed by atoms with Crippen LogP contribution in [0, 0.1) is 13.8 Å². The molecule has 0 radical (unpaired) electrons. The quantitative estimate of drug-likeness (QED) is 0.727. The summed E-state index contributed by atoms with van der Waals surface area (Å²) in [4.78, 5) is 12.7. The first-order chi connectivity index (χ1) is 11.6. The van der Waals surface area contributed by atoms with Gasteiger partial charge in [0.05, 0.1) is 12.2 Å². The van der Waals surface area contributed by atoms with Crippen LogP contribution >= 0.6 is 0 Å². The zero-order valence-electron chi connectivity index (χ0n) is 13.6. The van der Waals surface area contributed by atoms with Gasteiger partial charge in [-0.1, -0.05) is 30.3 Å². The molecule has 0 saturated carbocycles. The lowest BCUT2D eigenvalue weighted by molar-refractivity contribution is -0.123. The molecule has 1 atom stereocenters. The fourth-order valence-corrected chi connectivity index (χ4v) is 2.63. The lowest BCUT2D eigenvalue weighted by Gasteiger charge is -2.16. The van der Waals surface area contributed by atoms with Crippen LogP contribution in [0.25, 0.3) is 0 Å². The fraction of sp³-hybridized carbons (Fsp3) is 0.312. The monoisotopic (exact) mass is 325 g/mol. The van der Waals surface area contributed by atoms with Crippen LogP contribution in [0.15, 0.2) is 42.7 Å².